The van der Waals surface area contributed by atoms with Crippen LogP contribution in [0.1, 0.15) is 31.0 Å². The van der Waals surface area contributed by atoms with Crippen molar-refractivity contribution < 1.29 is 8.42 Å². The van der Waals surface area contributed by atoms with E-state index < -0.39 is 10.0 Å². The van der Waals surface area contributed by atoms with Crippen LogP contribution in [-0.4, -0.2) is 18.2 Å². The van der Waals surface area contributed by atoms with Gasteiger partial charge < -0.3 is 0 Å². The van der Waals surface area contributed by atoms with Crippen LogP contribution in [0.2, 0.25) is 0 Å². The lowest BCUT2D eigenvalue weighted by Gasteiger charge is -2.10. The van der Waals surface area contributed by atoms with Gasteiger partial charge in [0.15, 0.2) is 0 Å². The maximum absolute atomic E-state index is 12.3. The van der Waals surface area contributed by atoms with E-state index in [-0.39, 0.29) is 4.90 Å². The number of benzene rings is 1. The molecule has 1 aromatic carbocycles. The standard InChI is InChI=1S/C14H19N3O2S/c1-10(2)12-5-7-13(8-6-12)20(18,19)16-14-9-11(3)15-17(14)4/h5-10,16H,1-4H3. The van der Waals surface area contributed by atoms with Gasteiger partial charge in [-0.3, -0.25) is 9.40 Å². The summed E-state index contributed by atoms with van der Waals surface area (Å²) in [4.78, 5) is 0.251. The smallest absolute Gasteiger partial charge is 0.263 e. The Kier molecular flexibility index (Phi) is 3.85. The summed E-state index contributed by atoms with van der Waals surface area (Å²) >= 11 is 0. The van der Waals surface area contributed by atoms with Crippen molar-refractivity contribution in [1.82, 2.24) is 9.78 Å². The molecule has 0 amide bonds. The molecule has 0 fully saturated rings. The average Bonchev–Trinajstić information content (AvgIpc) is 2.67. The van der Waals surface area contributed by atoms with E-state index in [1.807, 2.05) is 19.1 Å². The number of nitrogens with zero attached hydrogens (tertiary/aromatic N) is 2. The van der Waals surface area contributed by atoms with Gasteiger partial charge in [0.2, 0.25) is 0 Å². The van der Waals surface area contributed by atoms with Crippen LogP contribution in [0.25, 0.3) is 0 Å². The molecule has 0 radical (unpaired) electrons. The molecule has 2 aromatic rings. The third-order valence-electron chi connectivity index (χ3n) is 3.10. The van der Waals surface area contributed by atoms with Gasteiger partial charge in [0.05, 0.1) is 10.6 Å². The minimum atomic E-state index is -3.58. The third-order valence-corrected chi connectivity index (χ3v) is 4.47. The molecule has 0 spiro atoms. The SMILES string of the molecule is Cc1cc(NS(=O)(=O)c2ccc(C(C)C)cc2)n(C)n1. The molecule has 1 N–H and O–H groups in total. The second-order valence-electron chi connectivity index (χ2n) is 5.12. The van der Waals surface area contributed by atoms with Crippen LogP contribution in [0, 0.1) is 6.92 Å². The summed E-state index contributed by atoms with van der Waals surface area (Å²) in [5, 5.41) is 4.12. The zero-order valence-electron chi connectivity index (χ0n) is 12.1. The Morgan fingerprint density at radius 3 is 2.25 bits per heavy atom. The lowest BCUT2D eigenvalue weighted by Crippen LogP contribution is -2.15. The molecule has 0 atom stereocenters. The van der Waals surface area contributed by atoms with Crippen LogP contribution in [0.5, 0.6) is 0 Å². The Hall–Kier alpha value is -1.82. The van der Waals surface area contributed by atoms with E-state index in [2.05, 4.69) is 23.7 Å². The molecule has 20 heavy (non-hydrogen) atoms. The van der Waals surface area contributed by atoms with Gasteiger partial charge in [-0.15, -0.1) is 0 Å². The molecule has 6 heteroatoms. The second kappa shape index (κ2) is 5.28. The molecule has 1 aromatic heterocycles. The molecule has 0 saturated carbocycles. The van der Waals surface area contributed by atoms with Crippen molar-refractivity contribution in [3.63, 3.8) is 0 Å². The van der Waals surface area contributed by atoms with Crippen LogP contribution in [-0.2, 0) is 17.1 Å². The first-order valence-corrected chi connectivity index (χ1v) is 7.91. The van der Waals surface area contributed by atoms with Crippen molar-refractivity contribution >= 4 is 15.8 Å². The Balaban J connectivity index is 2.28. The van der Waals surface area contributed by atoms with E-state index in [1.165, 1.54) is 4.68 Å². The van der Waals surface area contributed by atoms with Gasteiger partial charge in [-0.25, -0.2) is 8.42 Å². The van der Waals surface area contributed by atoms with Crippen LogP contribution < -0.4 is 4.72 Å². The van der Waals surface area contributed by atoms with Gasteiger partial charge in [0.1, 0.15) is 5.82 Å². The van der Waals surface area contributed by atoms with E-state index in [9.17, 15) is 8.42 Å². The van der Waals surface area contributed by atoms with E-state index in [0.717, 1.165) is 11.3 Å². The summed E-state index contributed by atoms with van der Waals surface area (Å²) in [7, 11) is -1.87. The van der Waals surface area contributed by atoms with E-state index in [4.69, 9.17) is 0 Å². The number of hydrogen-bond donors (Lipinski definition) is 1. The van der Waals surface area contributed by atoms with Crippen LogP contribution in [0.15, 0.2) is 35.2 Å². The minimum absolute atomic E-state index is 0.251. The highest BCUT2D eigenvalue weighted by molar-refractivity contribution is 7.92. The van der Waals surface area contributed by atoms with Crippen molar-refractivity contribution in [1.29, 1.82) is 0 Å². The second-order valence-corrected chi connectivity index (χ2v) is 6.81. The highest BCUT2D eigenvalue weighted by Crippen LogP contribution is 2.20. The number of aryl methyl sites for hydroxylation is 2. The molecule has 0 aliphatic rings. The van der Waals surface area contributed by atoms with Crippen LogP contribution in [0.4, 0.5) is 5.82 Å². The molecule has 2 rings (SSSR count). The van der Waals surface area contributed by atoms with Crippen molar-refractivity contribution in [3.8, 4) is 0 Å². The summed E-state index contributed by atoms with van der Waals surface area (Å²) in [5.74, 6) is 0.829. The molecular formula is C14H19N3O2S. The zero-order valence-corrected chi connectivity index (χ0v) is 12.9. The predicted octanol–water partition coefficient (Wildman–Crippen LogP) is 2.65. The zero-order chi connectivity index (χ0) is 14.9. The summed E-state index contributed by atoms with van der Waals surface area (Å²) < 4.78 is 28.6. The lowest BCUT2D eigenvalue weighted by atomic mass is 10.0. The van der Waals surface area contributed by atoms with Gasteiger partial charge >= 0.3 is 0 Å². The van der Waals surface area contributed by atoms with Crippen LogP contribution >= 0.6 is 0 Å². The van der Waals surface area contributed by atoms with Gasteiger partial charge in [-0.2, -0.15) is 5.10 Å². The Morgan fingerprint density at radius 2 is 1.80 bits per heavy atom. The Bertz CT molecular complexity index is 701. The monoisotopic (exact) mass is 293 g/mol. The maximum Gasteiger partial charge on any atom is 0.263 e. The first-order chi connectivity index (χ1) is 9.29. The lowest BCUT2D eigenvalue weighted by molar-refractivity contribution is 0.600. The fourth-order valence-corrected chi connectivity index (χ4v) is 3.01. The Labute approximate surface area is 119 Å². The summed E-state index contributed by atoms with van der Waals surface area (Å²) in [6.07, 6.45) is 0. The molecule has 1 heterocycles. The summed E-state index contributed by atoms with van der Waals surface area (Å²) in [5.41, 5.74) is 1.88. The molecule has 0 aliphatic carbocycles. The number of sulfonamides is 1. The number of hydrogen-bond acceptors (Lipinski definition) is 3. The van der Waals surface area contributed by atoms with E-state index in [1.54, 1.807) is 25.2 Å². The number of rotatable bonds is 4. The average molecular weight is 293 g/mol. The molecule has 5 nitrogen and oxygen atoms in total. The van der Waals surface area contributed by atoms with Crippen molar-refractivity contribution in [2.24, 2.45) is 7.05 Å². The van der Waals surface area contributed by atoms with Crippen LogP contribution in [0.3, 0.4) is 0 Å². The molecule has 0 bridgehead atoms. The quantitative estimate of drug-likeness (QED) is 0.942. The highest BCUT2D eigenvalue weighted by atomic mass is 32.2. The number of aromatic nitrogens is 2. The van der Waals surface area contributed by atoms with Gasteiger partial charge in [0.25, 0.3) is 10.0 Å². The fraction of sp³-hybridized carbons (Fsp3) is 0.357. The molecule has 108 valence electrons. The molecule has 0 aliphatic heterocycles. The van der Waals surface area contributed by atoms with Gasteiger partial charge in [-0.1, -0.05) is 26.0 Å². The summed E-state index contributed by atoms with van der Waals surface area (Å²) in [6, 6.07) is 8.63. The third kappa shape index (κ3) is 3.01. The minimum Gasteiger partial charge on any atom is -0.264 e. The van der Waals surface area contributed by atoms with Crippen molar-refractivity contribution in [2.45, 2.75) is 31.6 Å². The Morgan fingerprint density at radius 1 is 1.20 bits per heavy atom. The van der Waals surface area contributed by atoms with E-state index >= 15 is 0 Å². The molecular weight excluding hydrogens is 274 g/mol. The first kappa shape index (κ1) is 14.6. The van der Waals surface area contributed by atoms with Crippen molar-refractivity contribution in [3.05, 3.63) is 41.6 Å². The number of nitrogens with one attached hydrogen (secondary N) is 1. The fourth-order valence-electron chi connectivity index (χ4n) is 1.93. The molecule has 0 unspecified atom stereocenters. The van der Waals surface area contributed by atoms with Gasteiger partial charge in [-0.05, 0) is 30.5 Å². The largest absolute Gasteiger partial charge is 0.264 e. The van der Waals surface area contributed by atoms with Gasteiger partial charge in [0, 0.05) is 13.1 Å². The van der Waals surface area contributed by atoms with Crippen molar-refractivity contribution in [2.75, 3.05) is 4.72 Å². The number of anilines is 1. The normalized spacial score (nSPS) is 11.8. The molecule has 0 saturated heterocycles. The predicted molar refractivity (Wildman–Crippen MR) is 79.3 cm³/mol. The summed E-state index contributed by atoms with van der Waals surface area (Å²) in [6.45, 7) is 5.95. The first-order valence-electron chi connectivity index (χ1n) is 6.43. The topological polar surface area (TPSA) is 64.0 Å². The van der Waals surface area contributed by atoms with E-state index in [0.29, 0.717) is 11.7 Å². The highest BCUT2D eigenvalue weighted by Gasteiger charge is 2.16. The maximum atomic E-state index is 12.3.